The number of fused-ring (bicyclic) bond motifs is 2. The lowest BCUT2D eigenvalue weighted by Crippen LogP contribution is -2.51. The van der Waals surface area contributed by atoms with Crippen LogP contribution >= 0.6 is 0 Å². The van der Waals surface area contributed by atoms with Crippen molar-refractivity contribution >= 4 is 0 Å². The molecule has 1 N–H and O–H groups in total. The van der Waals surface area contributed by atoms with Crippen LogP contribution < -0.4 is 0 Å². The molecule has 2 heterocycles. The van der Waals surface area contributed by atoms with Gasteiger partial charge in [0, 0.05) is 31.8 Å². The molecule has 0 radical (unpaired) electrons. The first-order valence-electron chi connectivity index (χ1n) is 8.30. The van der Waals surface area contributed by atoms with Crippen LogP contribution in [0.1, 0.15) is 44.6 Å². The van der Waals surface area contributed by atoms with E-state index in [0.717, 1.165) is 32.4 Å². The van der Waals surface area contributed by atoms with Gasteiger partial charge in [0.1, 0.15) is 0 Å². The van der Waals surface area contributed by atoms with E-state index in [0.29, 0.717) is 18.7 Å². The Kier molecular flexibility index (Phi) is 4.63. The van der Waals surface area contributed by atoms with Gasteiger partial charge in [-0.3, -0.25) is 4.90 Å². The largest absolute Gasteiger partial charge is 0.390 e. The van der Waals surface area contributed by atoms with E-state index in [4.69, 9.17) is 4.74 Å². The fourth-order valence-electron chi connectivity index (χ4n) is 4.08. The Balaban J connectivity index is 1.61. The third kappa shape index (κ3) is 3.47. The average molecular weight is 289 g/mol. The van der Waals surface area contributed by atoms with Gasteiger partial charge in [-0.15, -0.1) is 0 Å². The molecule has 2 aliphatic heterocycles. The van der Waals surface area contributed by atoms with Gasteiger partial charge in [0.15, 0.2) is 0 Å². The number of nitrogens with zero attached hydrogens (tertiary/aromatic N) is 1. The van der Waals surface area contributed by atoms with Crippen molar-refractivity contribution in [2.45, 2.75) is 63.3 Å². The van der Waals surface area contributed by atoms with E-state index in [1.165, 1.54) is 18.4 Å². The second-order valence-corrected chi connectivity index (χ2v) is 6.62. The van der Waals surface area contributed by atoms with Gasteiger partial charge in [-0.25, -0.2) is 0 Å². The van der Waals surface area contributed by atoms with E-state index in [1.807, 2.05) is 6.92 Å². The number of hydrogen-bond donors (Lipinski definition) is 1. The summed E-state index contributed by atoms with van der Waals surface area (Å²) >= 11 is 0. The highest BCUT2D eigenvalue weighted by atomic mass is 16.5. The minimum absolute atomic E-state index is 0.506. The highest BCUT2D eigenvalue weighted by Gasteiger charge is 2.46. The fourth-order valence-corrected chi connectivity index (χ4v) is 4.08. The Bertz CT molecular complexity index is 434. The molecule has 2 unspecified atom stereocenters. The minimum Gasteiger partial charge on any atom is -0.390 e. The first-order valence-corrected chi connectivity index (χ1v) is 8.30. The van der Waals surface area contributed by atoms with Crippen LogP contribution in [-0.4, -0.2) is 40.9 Å². The lowest BCUT2D eigenvalue weighted by Gasteiger charge is -2.44. The third-order valence-corrected chi connectivity index (χ3v) is 5.13. The number of benzene rings is 1. The molecule has 116 valence electrons. The van der Waals surface area contributed by atoms with Crippen LogP contribution in [0.3, 0.4) is 0 Å². The van der Waals surface area contributed by atoms with E-state index in [9.17, 15) is 5.11 Å². The maximum absolute atomic E-state index is 10.9. The Morgan fingerprint density at radius 2 is 1.86 bits per heavy atom. The van der Waals surface area contributed by atoms with Crippen molar-refractivity contribution in [3.8, 4) is 0 Å². The van der Waals surface area contributed by atoms with Crippen LogP contribution in [0.4, 0.5) is 0 Å². The van der Waals surface area contributed by atoms with Crippen LogP contribution in [0.5, 0.6) is 0 Å². The summed E-state index contributed by atoms with van der Waals surface area (Å²) in [4.78, 5) is 2.62. The van der Waals surface area contributed by atoms with E-state index in [2.05, 4.69) is 35.2 Å². The van der Waals surface area contributed by atoms with Crippen molar-refractivity contribution < 1.29 is 9.84 Å². The first-order chi connectivity index (χ1) is 10.2. The molecule has 0 spiro atoms. The topological polar surface area (TPSA) is 32.7 Å². The predicted octanol–water partition coefficient (Wildman–Crippen LogP) is 2.97. The maximum atomic E-state index is 10.9. The zero-order valence-corrected chi connectivity index (χ0v) is 13.0. The van der Waals surface area contributed by atoms with Crippen molar-refractivity contribution in [2.24, 2.45) is 0 Å². The molecule has 3 nitrogen and oxygen atoms in total. The summed E-state index contributed by atoms with van der Waals surface area (Å²) in [5.41, 5.74) is 0.878. The van der Waals surface area contributed by atoms with Crippen molar-refractivity contribution in [1.82, 2.24) is 4.90 Å². The molecule has 2 bridgehead atoms. The molecule has 3 rings (SSSR count). The number of aliphatic hydroxyl groups is 1. The predicted molar refractivity (Wildman–Crippen MR) is 84.1 cm³/mol. The standard InChI is InChI=1S/C18H27NO2/c1-2-21-11-10-18(20)12-16-8-9-17(13-18)19(16)14-15-6-4-3-5-7-15/h3-7,16-17,20H,2,8-14H2,1H3. The quantitative estimate of drug-likeness (QED) is 0.817. The highest BCUT2D eigenvalue weighted by molar-refractivity contribution is 5.16. The van der Waals surface area contributed by atoms with Crippen LogP contribution in [0.25, 0.3) is 0 Å². The lowest BCUT2D eigenvalue weighted by molar-refractivity contribution is -0.0720. The van der Waals surface area contributed by atoms with Gasteiger partial charge in [0.25, 0.3) is 0 Å². The summed E-state index contributed by atoms with van der Waals surface area (Å²) in [5.74, 6) is 0. The summed E-state index contributed by atoms with van der Waals surface area (Å²) in [5, 5.41) is 10.9. The summed E-state index contributed by atoms with van der Waals surface area (Å²) < 4.78 is 5.44. The van der Waals surface area contributed by atoms with Gasteiger partial charge in [-0.05, 0) is 44.6 Å². The van der Waals surface area contributed by atoms with Gasteiger partial charge in [-0.1, -0.05) is 30.3 Å². The van der Waals surface area contributed by atoms with E-state index in [-0.39, 0.29) is 0 Å². The number of rotatable bonds is 6. The molecule has 2 saturated heterocycles. The second kappa shape index (κ2) is 6.47. The molecule has 21 heavy (non-hydrogen) atoms. The second-order valence-electron chi connectivity index (χ2n) is 6.62. The van der Waals surface area contributed by atoms with Crippen molar-refractivity contribution in [2.75, 3.05) is 13.2 Å². The Morgan fingerprint density at radius 1 is 1.19 bits per heavy atom. The highest BCUT2D eigenvalue weighted by Crippen LogP contribution is 2.42. The molecule has 1 aromatic carbocycles. The van der Waals surface area contributed by atoms with Crippen molar-refractivity contribution in [3.05, 3.63) is 35.9 Å². The number of hydrogen-bond acceptors (Lipinski definition) is 3. The molecule has 1 aromatic rings. The van der Waals surface area contributed by atoms with Gasteiger partial charge < -0.3 is 9.84 Å². The van der Waals surface area contributed by atoms with Crippen LogP contribution in [-0.2, 0) is 11.3 Å². The molecular formula is C18H27NO2. The SMILES string of the molecule is CCOCCC1(O)CC2CCC(C1)N2Cc1ccccc1. The zero-order valence-electron chi connectivity index (χ0n) is 13.0. The van der Waals surface area contributed by atoms with E-state index in [1.54, 1.807) is 0 Å². The van der Waals surface area contributed by atoms with Crippen LogP contribution in [0.15, 0.2) is 30.3 Å². The third-order valence-electron chi connectivity index (χ3n) is 5.13. The summed E-state index contributed by atoms with van der Waals surface area (Å²) in [6.07, 6.45) is 5.06. The molecular weight excluding hydrogens is 262 g/mol. The van der Waals surface area contributed by atoms with Gasteiger partial charge in [-0.2, -0.15) is 0 Å². The monoisotopic (exact) mass is 289 g/mol. The minimum atomic E-state index is -0.506. The molecule has 0 aromatic heterocycles. The molecule has 3 heteroatoms. The fraction of sp³-hybridized carbons (Fsp3) is 0.667. The summed E-state index contributed by atoms with van der Waals surface area (Å²) in [6, 6.07) is 11.8. The van der Waals surface area contributed by atoms with Crippen LogP contribution in [0, 0.1) is 0 Å². The van der Waals surface area contributed by atoms with Gasteiger partial charge >= 0.3 is 0 Å². The van der Waals surface area contributed by atoms with Crippen molar-refractivity contribution in [3.63, 3.8) is 0 Å². The van der Waals surface area contributed by atoms with E-state index >= 15 is 0 Å². The van der Waals surface area contributed by atoms with Gasteiger partial charge in [0.05, 0.1) is 5.60 Å². The normalized spacial score (nSPS) is 32.5. The number of ether oxygens (including phenoxy) is 1. The molecule has 2 fully saturated rings. The molecule has 2 atom stereocenters. The molecule has 0 saturated carbocycles. The smallest absolute Gasteiger partial charge is 0.0699 e. The molecule has 0 amide bonds. The first kappa shape index (κ1) is 15.0. The Morgan fingerprint density at radius 3 is 2.48 bits per heavy atom. The van der Waals surface area contributed by atoms with Crippen LogP contribution in [0.2, 0.25) is 0 Å². The Labute approximate surface area is 127 Å². The molecule has 2 aliphatic rings. The zero-order chi connectivity index (χ0) is 14.7. The average Bonchev–Trinajstić information content (AvgIpc) is 2.73. The maximum Gasteiger partial charge on any atom is 0.0699 e. The van der Waals surface area contributed by atoms with E-state index < -0.39 is 5.60 Å². The summed E-state index contributed by atoms with van der Waals surface area (Å²) in [6.45, 7) is 4.46. The molecule has 0 aliphatic carbocycles. The Hall–Kier alpha value is -0.900. The number of piperidine rings is 1. The lowest BCUT2D eigenvalue weighted by atomic mass is 9.83. The summed E-state index contributed by atoms with van der Waals surface area (Å²) in [7, 11) is 0. The van der Waals surface area contributed by atoms with Gasteiger partial charge in [0.2, 0.25) is 0 Å². The van der Waals surface area contributed by atoms with Crippen molar-refractivity contribution in [1.29, 1.82) is 0 Å².